The number of carbonyl (C=O) groups is 1. The van der Waals surface area contributed by atoms with Gasteiger partial charge in [0.05, 0.1) is 17.8 Å². The average Bonchev–Trinajstić information content (AvgIpc) is 2.97. The topological polar surface area (TPSA) is 72.9 Å². The quantitative estimate of drug-likeness (QED) is 0.810. The van der Waals surface area contributed by atoms with Crippen LogP contribution in [-0.4, -0.2) is 27.8 Å². The van der Waals surface area contributed by atoms with Crippen LogP contribution in [0.5, 0.6) is 0 Å². The summed E-state index contributed by atoms with van der Waals surface area (Å²) in [6.07, 6.45) is -0.366. The van der Waals surface area contributed by atoms with Gasteiger partial charge in [0, 0.05) is 18.8 Å². The molecule has 0 aromatic carbocycles. The van der Waals surface area contributed by atoms with Crippen molar-refractivity contribution in [2.45, 2.75) is 44.1 Å². The van der Waals surface area contributed by atoms with Gasteiger partial charge >= 0.3 is 6.18 Å². The monoisotopic (exact) mass is 276 g/mol. The fourth-order valence-corrected chi connectivity index (χ4v) is 1.74. The first kappa shape index (κ1) is 13.9. The molecule has 1 fully saturated rings. The molecular weight excluding hydrogens is 261 g/mol. The predicted molar refractivity (Wildman–Crippen MR) is 61.0 cm³/mol. The number of aromatic nitrogens is 2. The lowest BCUT2D eigenvalue weighted by atomic mass is 10.2. The summed E-state index contributed by atoms with van der Waals surface area (Å²) in [6, 6.07) is -0.216. The Morgan fingerprint density at radius 2 is 2.26 bits per heavy atom. The number of nitrogens with zero attached hydrogens (tertiary/aromatic N) is 2. The minimum Gasteiger partial charge on any atom is -0.368 e. The number of nitrogens with one attached hydrogen (secondary N) is 1. The van der Waals surface area contributed by atoms with E-state index in [0.717, 1.165) is 25.2 Å². The van der Waals surface area contributed by atoms with E-state index in [1.165, 1.54) is 4.68 Å². The Morgan fingerprint density at radius 3 is 2.74 bits per heavy atom. The summed E-state index contributed by atoms with van der Waals surface area (Å²) in [6.45, 7) is 0.212. The Balaban J connectivity index is 1.89. The van der Waals surface area contributed by atoms with Crippen LogP contribution in [0, 0.1) is 0 Å². The van der Waals surface area contributed by atoms with Crippen LogP contribution in [0.15, 0.2) is 12.4 Å². The van der Waals surface area contributed by atoms with Crippen molar-refractivity contribution in [1.82, 2.24) is 15.1 Å². The largest absolute Gasteiger partial charge is 0.419 e. The van der Waals surface area contributed by atoms with Gasteiger partial charge in [0.2, 0.25) is 5.91 Å². The summed E-state index contributed by atoms with van der Waals surface area (Å²) in [5.74, 6) is -0.491. The van der Waals surface area contributed by atoms with E-state index in [2.05, 4.69) is 10.4 Å². The van der Waals surface area contributed by atoms with Crippen molar-refractivity contribution < 1.29 is 18.0 Å². The van der Waals surface area contributed by atoms with Crippen molar-refractivity contribution >= 4 is 5.91 Å². The summed E-state index contributed by atoms with van der Waals surface area (Å²) >= 11 is 0. The highest BCUT2D eigenvalue weighted by Gasteiger charge is 2.32. The van der Waals surface area contributed by atoms with Crippen molar-refractivity contribution in [2.75, 3.05) is 0 Å². The molecule has 1 saturated carbocycles. The molecule has 1 aromatic rings. The van der Waals surface area contributed by atoms with E-state index in [1.54, 1.807) is 0 Å². The van der Waals surface area contributed by atoms with Crippen LogP contribution in [0.4, 0.5) is 13.2 Å². The maximum absolute atomic E-state index is 12.4. The van der Waals surface area contributed by atoms with Crippen LogP contribution in [0.1, 0.15) is 24.8 Å². The Bertz CT molecular complexity index is 453. The lowest BCUT2D eigenvalue weighted by Gasteiger charge is -2.14. The second-order valence-corrected chi connectivity index (χ2v) is 4.67. The third-order valence-corrected chi connectivity index (χ3v) is 2.97. The van der Waals surface area contributed by atoms with Crippen molar-refractivity contribution in [2.24, 2.45) is 5.73 Å². The average molecular weight is 276 g/mol. The smallest absolute Gasteiger partial charge is 0.368 e. The Hall–Kier alpha value is -1.57. The summed E-state index contributed by atoms with van der Waals surface area (Å²) in [5.41, 5.74) is 4.45. The molecule has 0 radical (unpaired) electrons. The number of halogens is 3. The highest BCUT2D eigenvalue weighted by molar-refractivity contribution is 5.79. The van der Waals surface area contributed by atoms with E-state index in [-0.39, 0.29) is 6.54 Å². The van der Waals surface area contributed by atoms with Gasteiger partial charge in [-0.05, 0) is 19.3 Å². The molecule has 3 N–H and O–H groups in total. The highest BCUT2D eigenvalue weighted by atomic mass is 19.4. The SMILES string of the molecule is NC(=O)C(CCn1cc(C(F)(F)F)cn1)NC1CC1. The van der Waals surface area contributed by atoms with Crippen molar-refractivity contribution in [3.63, 3.8) is 0 Å². The lowest BCUT2D eigenvalue weighted by Crippen LogP contribution is -2.43. The first-order chi connectivity index (χ1) is 8.86. The van der Waals surface area contributed by atoms with Crippen LogP contribution in [0.25, 0.3) is 0 Å². The fraction of sp³-hybridized carbons (Fsp3) is 0.636. The molecule has 1 heterocycles. The molecule has 0 spiro atoms. The summed E-state index contributed by atoms with van der Waals surface area (Å²) < 4.78 is 38.3. The van der Waals surface area contributed by atoms with Gasteiger partial charge in [-0.25, -0.2) is 0 Å². The number of alkyl halides is 3. The number of amides is 1. The van der Waals surface area contributed by atoms with Crippen molar-refractivity contribution in [3.8, 4) is 0 Å². The second kappa shape index (κ2) is 5.20. The number of carbonyl (C=O) groups excluding carboxylic acids is 1. The molecule has 2 rings (SSSR count). The Morgan fingerprint density at radius 1 is 1.58 bits per heavy atom. The van der Waals surface area contributed by atoms with Crippen LogP contribution in [0.3, 0.4) is 0 Å². The zero-order chi connectivity index (χ0) is 14.0. The fourth-order valence-electron chi connectivity index (χ4n) is 1.74. The minimum atomic E-state index is -4.40. The van der Waals surface area contributed by atoms with E-state index in [4.69, 9.17) is 5.73 Å². The number of primary amides is 1. The number of hydrogen-bond donors (Lipinski definition) is 2. The maximum atomic E-state index is 12.4. The van der Waals surface area contributed by atoms with Gasteiger partial charge in [0.25, 0.3) is 0 Å². The van der Waals surface area contributed by atoms with E-state index < -0.39 is 23.7 Å². The molecule has 19 heavy (non-hydrogen) atoms. The predicted octanol–water partition coefficient (Wildman–Crippen LogP) is 0.898. The number of nitrogens with two attached hydrogens (primary N) is 1. The number of rotatable bonds is 6. The lowest BCUT2D eigenvalue weighted by molar-refractivity contribution is -0.137. The van der Waals surface area contributed by atoms with Gasteiger partial charge in [0.15, 0.2) is 0 Å². The van der Waals surface area contributed by atoms with Gasteiger partial charge < -0.3 is 11.1 Å². The molecule has 1 aliphatic carbocycles. The molecule has 1 aromatic heterocycles. The Kier molecular flexibility index (Phi) is 3.79. The normalized spacial score (nSPS) is 17.4. The molecule has 106 valence electrons. The zero-order valence-electron chi connectivity index (χ0n) is 10.2. The first-order valence-corrected chi connectivity index (χ1v) is 6.01. The maximum Gasteiger partial charge on any atom is 0.419 e. The molecular formula is C11H15F3N4O. The standard InChI is InChI=1S/C11H15F3N4O/c12-11(13,14)7-5-16-18(6-7)4-3-9(10(15)19)17-8-1-2-8/h5-6,8-9,17H,1-4H2,(H2,15,19). The second-order valence-electron chi connectivity index (χ2n) is 4.67. The molecule has 1 atom stereocenters. The summed E-state index contributed by atoms with van der Waals surface area (Å²) in [7, 11) is 0. The Labute approximate surface area is 108 Å². The molecule has 1 aliphatic rings. The van der Waals surface area contributed by atoms with Gasteiger partial charge in [-0.1, -0.05) is 0 Å². The van der Waals surface area contributed by atoms with E-state index in [9.17, 15) is 18.0 Å². The summed E-state index contributed by atoms with van der Waals surface area (Å²) in [5, 5.41) is 6.69. The van der Waals surface area contributed by atoms with Crippen molar-refractivity contribution in [1.29, 1.82) is 0 Å². The molecule has 5 nitrogen and oxygen atoms in total. The van der Waals surface area contributed by atoms with Crippen LogP contribution < -0.4 is 11.1 Å². The van der Waals surface area contributed by atoms with Gasteiger partial charge in [-0.15, -0.1) is 0 Å². The van der Waals surface area contributed by atoms with Gasteiger partial charge in [-0.3, -0.25) is 9.48 Å². The minimum absolute atomic E-state index is 0.212. The molecule has 0 aliphatic heterocycles. The van der Waals surface area contributed by atoms with Crippen LogP contribution in [-0.2, 0) is 17.5 Å². The first-order valence-electron chi connectivity index (χ1n) is 6.01. The number of aryl methyl sites for hydroxylation is 1. The van der Waals surface area contributed by atoms with Crippen LogP contribution >= 0.6 is 0 Å². The highest BCUT2D eigenvalue weighted by Crippen LogP contribution is 2.28. The zero-order valence-corrected chi connectivity index (χ0v) is 10.2. The molecule has 0 saturated heterocycles. The third-order valence-electron chi connectivity index (χ3n) is 2.97. The van der Waals surface area contributed by atoms with Crippen molar-refractivity contribution in [3.05, 3.63) is 18.0 Å². The molecule has 0 bridgehead atoms. The van der Waals surface area contributed by atoms with E-state index in [1.807, 2.05) is 0 Å². The van der Waals surface area contributed by atoms with Gasteiger partial charge in [-0.2, -0.15) is 18.3 Å². The summed E-state index contributed by atoms with van der Waals surface area (Å²) in [4.78, 5) is 11.2. The number of hydrogen-bond acceptors (Lipinski definition) is 3. The van der Waals surface area contributed by atoms with Gasteiger partial charge in [0.1, 0.15) is 0 Å². The van der Waals surface area contributed by atoms with Crippen LogP contribution in [0.2, 0.25) is 0 Å². The molecule has 1 unspecified atom stereocenters. The van der Waals surface area contributed by atoms with E-state index in [0.29, 0.717) is 12.5 Å². The van der Waals surface area contributed by atoms with E-state index >= 15 is 0 Å². The third kappa shape index (κ3) is 3.95. The molecule has 8 heteroatoms. The molecule has 1 amide bonds.